The molecule has 0 aliphatic carbocycles. The van der Waals surface area contributed by atoms with Crippen molar-refractivity contribution in [3.63, 3.8) is 0 Å². The number of nitrogens with zero attached hydrogens (tertiary/aromatic N) is 1. The van der Waals surface area contributed by atoms with E-state index in [-0.39, 0.29) is 0 Å². The molecule has 0 N–H and O–H groups in total. The van der Waals surface area contributed by atoms with Gasteiger partial charge in [0.1, 0.15) is 0 Å². The van der Waals surface area contributed by atoms with Gasteiger partial charge in [-0.2, -0.15) is 0 Å². The van der Waals surface area contributed by atoms with Crippen LogP contribution in [0.1, 0.15) is 11.4 Å². The monoisotopic (exact) mass is 107 g/mol. The topological polar surface area (TPSA) is 4.93 Å². The first-order valence-electron chi connectivity index (χ1n) is 2.81. The summed E-state index contributed by atoms with van der Waals surface area (Å²) in [6, 6.07) is 4.24. The lowest BCUT2D eigenvalue weighted by Crippen LogP contribution is -1.94. The van der Waals surface area contributed by atoms with Gasteiger partial charge in [0.05, 0.1) is 0 Å². The van der Waals surface area contributed by atoms with E-state index < -0.39 is 0 Å². The summed E-state index contributed by atoms with van der Waals surface area (Å²) in [5.41, 5.74) is 2.64. The number of rotatable bonds is 0. The van der Waals surface area contributed by atoms with Crippen molar-refractivity contribution in [1.29, 1.82) is 0 Å². The largest absolute Gasteiger partial charge is 0.401 e. The average molecular weight is 107 g/mol. The van der Waals surface area contributed by atoms with E-state index in [1.165, 1.54) is 11.4 Å². The number of aryl methyl sites for hydroxylation is 2. The Balaban J connectivity index is 3.19. The molecule has 42 valence electrons. The second kappa shape index (κ2) is 1.69. The highest BCUT2D eigenvalue weighted by Gasteiger charge is 1.90. The zero-order valence-corrected chi connectivity index (χ0v) is 5.60. The van der Waals surface area contributed by atoms with Crippen molar-refractivity contribution in [2.45, 2.75) is 13.8 Å². The van der Waals surface area contributed by atoms with Crippen molar-refractivity contribution in [3.8, 4) is 0 Å². The molecule has 0 spiro atoms. The summed E-state index contributed by atoms with van der Waals surface area (Å²) >= 11 is 0. The smallest absolute Gasteiger partial charge is 0.222 e. The molecule has 8 heavy (non-hydrogen) atoms. The zero-order chi connectivity index (χ0) is 6.15. The molecule has 0 aliphatic rings. The third-order valence-electron chi connectivity index (χ3n) is 1.62. The Morgan fingerprint density at radius 3 is 1.75 bits per heavy atom. The molecule has 0 fully saturated rings. The first-order chi connectivity index (χ1) is 3.72. The van der Waals surface area contributed by atoms with E-state index in [0.717, 1.165) is 0 Å². The Hall–Kier alpha value is -0.655. The summed E-state index contributed by atoms with van der Waals surface area (Å²) in [5, 5.41) is 0. The Labute approximate surface area is 50.8 Å². The molecular weight excluding hydrogens is 96.9 g/mol. The standard InChI is InChI=1S/C6H10BN/c1-5-3-4-6(2)8(5)7/h3-4H,7H2,1-2H3. The molecule has 1 nitrogen and oxygen atoms in total. The molecule has 0 radical (unpaired) electrons. The Morgan fingerprint density at radius 2 is 1.62 bits per heavy atom. The third kappa shape index (κ3) is 0.662. The zero-order valence-electron chi connectivity index (χ0n) is 5.60. The fourth-order valence-corrected chi connectivity index (χ4v) is 0.743. The van der Waals surface area contributed by atoms with Gasteiger partial charge in [0.2, 0.25) is 7.98 Å². The van der Waals surface area contributed by atoms with E-state index in [0.29, 0.717) is 0 Å². The van der Waals surface area contributed by atoms with E-state index in [1.54, 1.807) is 0 Å². The predicted octanol–water partition coefficient (Wildman–Crippen LogP) is 0.501. The molecule has 1 aromatic rings. The van der Waals surface area contributed by atoms with Crippen LogP contribution < -0.4 is 0 Å². The van der Waals surface area contributed by atoms with Gasteiger partial charge in [-0.05, 0) is 26.0 Å². The molecule has 0 unspecified atom stereocenters. The predicted molar refractivity (Wildman–Crippen MR) is 37.8 cm³/mol. The fourth-order valence-electron chi connectivity index (χ4n) is 0.743. The van der Waals surface area contributed by atoms with E-state index in [9.17, 15) is 0 Å². The van der Waals surface area contributed by atoms with Crippen molar-refractivity contribution in [2.24, 2.45) is 0 Å². The van der Waals surface area contributed by atoms with Crippen molar-refractivity contribution in [3.05, 3.63) is 23.5 Å². The van der Waals surface area contributed by atoms with E-state index >= 15 is 0 Å². The first kappa shape index (κ1) is 5.48. The summed E-state index contributed by atoms with van der Waals surface area (Å²) in [6.07, 6.45) is 0. The lowest BCUT2D eigenvalue weighted by molar-refractivity contribution is 1.09. The Kier molecular flexibility index (Phi) is 1.16. The number of hydrogen-bond donors (Lipinski definition) is 0. The summed E-state index contributed by atoms with van der Waals surface area (Å²) in [7, 11) is 2.07. The van der Waals surface area contributed by atoms with E-state index in [2.05, 4.69) is 38.4 Å². The molecule has 0 atom stereocenters. The number of hydrogen-bond acceptors (Lipinski definition) is 0. The maximum atomic E-state index is 2.17. The van der Waals surface area contributed by atoms with Gasteiger partial charge in [0.15, 0.2) is 0 Å². The van der Waals surface area contributed by atoms with Crippen LogP contribution in [0.4, 0.5) is 0 Å². The fraction of sp³-hybridized carbons (Fsp3) is 0.333. The van der Waals surface area contributed by atoms with Crippen LogP contribution in [0, 0.1) is 13.8 Å². The molecule has 0 aliphatic heterocycles. The van der Waals surface area contributed by atoms with Crippen molar-refractivity contribution in [2.75, 3.05) is 0 Å². The van der Waals surface area contributed by atoms with Crippen LogP contribution in [0.3, 0.4) is 0 Å². The molecule has 2 heteroatoms. The molecule has 1 aromatic heterocycles. The summed E-state index contributed by atoms with van der Waals surface area (Å²) in [5.74, 6) is 0. The SMILES string of the molecule is Bn1c(C)ccc1C. The summed E-state index contributed by atoms with van der Waals surface area (Å²) < 4.78 is 2.17. The first-order valence-corrected chi connectivity index (χ1v) is 2.81. The van der Waals surface area contributed by atoms with Gasteiger partial charge in [0, 0.05) is 11.4 Å². The maximum absolute atomic E-state index is 2.17. The van der Waals surface area contributed by atoms with Crippen LogP contribution in [0.25, 0.3) is 0 Å². The van der Waals surface area contributed by atoms with Gasteiger partial charge in [-0.15, -0.1) is 0 Å². The minimum Gasteiger partial charge on any atom is -0.401 e. The number of aromatic nitrogens is 1. The minimum absolute atomic E-state index is 1.32. The van der Waals surface area contributed by atoms with Gasteiger partial charge in [0.25, 0.3) is 0 Å². The van der Waals surface area contributed by atoms with Gasteiger partial charge >= 0.3 is 0 Å². The highest BCUT2D eigenvalue weighted by atomic mass is 14.9. The lowest BCUT2D eigenvalue weighted by Gasteiger charge is -1.96. The van der Waals surface area contributed by atoms with Crippen molar-refractivity contribution >= 4 is 7.98 Å². The van der Waals surface area contributed by atoms with Gasteiger partial charge in [-0.1, -0.05) is 0 Å². The molecule has 1 rings (SSSR count). The quantitative estimate of drug-likeness (QED) is 0.425. The minimum atomic E-state index is 1.32. The second-order valence-electron chi connectivity index (χ2n) is 2.18. The van der Waals surface area contributed by atoms with Gasteiger partial charge in [-0.25, -0.2) is 0 Å². The molecule has 0 amide bonds. The molecule has 0 bridgehead atoms. The van der Waals surface area contributed by atoms with Crippen LogP contribution in [0.15, 0.2) is 12.1 Å². The summed E-state index contributed by atoms with van der Waals surface area (Å²) in [4.78, 5) is 0. The molecule has 0 saturated carbocycles. The van der Waals surface area contributed by atoms with Gasteiger partial charge < -0.3 is 4.48 Å². The second-order valence-corrected chi connectivity index (χ2v) is 2.18. The average Bonchev–Trinajstić information content (AvgIpc) is 1.98. The normalized spacial score (nSPS) is 9.75. The molecule has 1 heterocycles. The van der Waals surface area contributed by atoms with Crippen LogP contribution in [-0.2, 0) is 0 Å². The highest BCUT2D eigenvalue weighted by Crippen LogP contribution is 2.01. The van der Waals surface area contributed by atoms with Crippen molar-refractivity contribution < 1.29 is 0 Å². The van der Waals surface area contributed by atoms with E-state index in [1.807, 2.05) is 0 Å². The van der Waals surface area contributed by atoms with Gasteiger partial charge in [-0.3, -0.25) is 0 Å². The van der Waals surface area contributed by atoms with Crippen LogP contribution in [-0.4, -0.2) is 12.5 Å². The Bertz CT molecular complexity index is 171. The van der Waals surface area contributed by atoms with Crippen LogP contribution in [0.2, 0.25) is 0 Å². The molecular formula is C6H10BN. The molecule has 0 saturated heterocycles. The van der Waals surface area contributed by atoms with Crippen LogP contribution >= 0.6 is 0 Å². The van der Waals surface area contributed by atoms with Crippen LogP contribution in [0.5, 0.6) is 0 Å². The maximum Gasteiger partial charge on any atom is 0.222 e. The Morgan fingerprint density at radius 1 is 1.25 bits per heavy atom. The highest BCUT2D eigenvalue weighted by molar-refractivity contribution is 6.07. The third-order valence-corrected chi connectivity index (χ3v) is 1.62. The van der Waals surface area contributed by atoms with E-state index in [4.69, 9.17) is 0 Å². The van der Waals surface area contributed by atoms with Crippen molar-refractivity contribution in [1.82, 2.24) is 4.48 Å². The summed E-state index contributed by atoms with van der Waals surface area (Å²) in [6.45, 7) is 4.21. The lowest BCUT2D eigenvalue weighted by atomic mass is 10.3. The molecule has 0 aromatic carbocycles.